The van der Waals surface area contributed by atoms with E-state index in [1.54, 1.807) is 36.2 Å². The predicted molar refractivity (Wildman–Crippen MR) is 106 cm³/mol. The Morgan fingerprint density at radius 1 is 1.18 bits per heavy atom. The highest BCUT2D eigenvalue weighted by Gasteiger charge is 2.24. The van der Waals surface area contributed by atoms with Crippen molar-refractivity contribution in [1.29, 1.82) is 0 Å². The molecule has 7 nitrogen and oxygen atoms in total. The fourth-order valence-corrected chi connectivity index (χ4v) is 3.68. The number of hydrogen-bond acceptors (Lipinski definition) is 5. The van der Waals surface area contributed by atoms with Gasteiger partial charge in [-0.25, -0.2) is 9.48 Å². The molecule has 0 bridgehead atoms. The summed E-state index contributed by atoms with van der Waals surface area (Å²) in [6.45, 7) is 3.31. The van der Waals surface area contributed by atoms with Gasteiger partial charge in [-0.2, -0.15) is 5.10 Å². The van der Waals surface area contributed by atoms with Crippen LogP contribution in [0.15, 0.2) is 29.1 Å². The van der Waals surface area contributed by atoms with Crippen LogP contribution >= 0.6 is 0 Å². The first kappa shape index (κ1) is 20.0. The highest BCUT2D eigenvalue weighted by atomic mass is 16.5. The number of carbonyl (C=O) groups is 2. The van der Waals surface area contributed by atoms with Gasteiger partial charge in [-0.1, -0.05) is 37.5 Å². The summed E-state index contributed by atoms with van der Waals surface area (Å²) in [5.41, 5.74) is -0.202. The average Bonchev–Trinajstić information content (AvgIpc) is 2.72. The van der Waals surface area contributed by atoms with Gasteiger partial charge in [0, 0.05) is 18.5 Å². The Kier molecular flexibility index (Phi) is 6.11. The Morgan fingerprint density at radius 2 is 1.82 bits per heavy atom. The third kappa shape index (κ3) is 4.08. The van der Waals surface area contributed by atoms with Gasteiger partial charge in [-0.3, -0.25) is 9.59 Å². The molecular weight excluding hydrogens is 358 g/mol. The van der Waals surface area contributed by atoms with Crippen molar-refractivity contribution in [2.45, 2.75) is 58.0 Å². The number of benzene rings is 1. The summed E-state index contributed by atoms with van der Waals surface area (Å²) in [4.78, 5) is 39.4. The number of rotatable bonds is 5. The topological polar surface area (TPSA) is 81.5 Å². The second-order valence-electron chi connectivity index (χ2n) is 7.61. The molecule has 1 saturated carbocycles. The third-order valence-electron chi connectivity index (χ3n) is 5.35. The molecule has 0 saturated heterocycles. The maximum atomic E-state index is 12.7. The number of nitrogens with zero attached hydrogens (tertiary/aromatic N) is 3. The second kappa shape index (κ2) is 8.54. The second-order valence-corrected chi connectivity index (χ2v) is 7.61. The summed E-state index contributed by atoms with van der Waals surface area (Å²) in [7, 11) is 1.76. The first-order chi connectivity index (χ1) is 13.4. The molecule has 0 N–H and O–H groups in total. The van der Waals surface area contributed by atoms with Gasteiger partial charge in [0.15, 0.2) is 12.3 Å². The lowest BCUT2D eigenvalue weighted by atomic mass is 9.94. The zero-order chi connectivity index (χ0) is 20.3. The van der Waals surface area contributed by atoms with Crippen molar-refractivity contribution in [2.24, 2.45) is 0 Å². The molecular formula is C21H27N3O4. The highest BCUT2D eigenvalue weighted by molar-refractivity contribution is 6.02. The Hall–Kier alpha value is -2.70. The molecule has 0 unspecified atom stereocenters. The van der Waals surface area contributed by atoms with Crippen molar-refractivity contribution in [3.05, 3.63) is 40.3 Å². The van der Waals surface area contributed by atoms with E-state index in [-0.39, 0.29) is 35.9 Å². The standard InChI is InChI=1S/C21H27N3O4/c1-14(2)24-20(26)17-12-8-7-11-16(17)19(22-24)21(27)28-13-18(25)23(3)15-9-5-4-6-10-15/h7-8,11-12,14-15H,4-6,9-10,13H2,1-3H3. The van der Waals surface area contributed by atoms with Crippen molar-refractivity contribution in [3.63, 3.8) is 0 Å². The van der Waals surface area contributed by atoms with Crippen LogP contribution in [0.5, 0.6) is 0 Å². The highest BCUT2D eigenvalue weighted by Crippen LogP contribution is 2.22. The summed E-state index contributed by atoms with van der Waals surface area (Å²) < 4.78 is 6.55. The van der Waals surface area contributed by atoms with Crippen LogP contribution in [-0.2, 0) is 9.53 Å². The molecule has 0 aliphatic heterocycles. The summed E-state index contributed by atoms with van der Waals surface area (Å²) in [5.74, 6) is -0.919. The molecule has 0 radical (unpaired) electrons. The van der Waals surface area contributed by atoms with Crippen LogP contribution in [0.3, 0.4) is 0 Å². The summed E-state index contributed by atoms with van der Waals surface area (Å²) in [5, 5.41) is 5.06. The molecule has 0 spiro atoms. The molecule has 1 aliphatic rings. The lowest BCUT2D eigenvalue weighted by Gasteiger charge is -2.31. The molecule has 1 aromatic carbocycles. The Labute approximate surface area is 164 Å². The van der Waals surface area contributed by atoms with Crippen molar-refractivity contribution in [1.82, 2.24) is 14.7 Å². The summed E-state index contributed by atoms with van der Waals surface area (Å²) in [6.07, 6.45) is 5.42. The maximum Gasteiger partial charge on any atom is 0.359 e. The minimum absolute atomic E-state index is 0.0528. The first-order valence-electron chi connectivity index (χ1n) is 9.84. The fraction of sp³-hybridized carbons (Fsp3) is 0.524. The van der Waals surface area contributed by atoms with E-state index < -0.39 is 5.97 Å². The van der Waals surface area contributed by atoms with E-state index in [1.165, 1.54) is 11.1 Å². The van der Waals surface area contributed by atoms with E-state index in [2.05, 4.69) is 5.10 Å². The number of likely N-dealkylation sites (N-methyl/N-ethyl adjacent to an activating group) is 1. The average molecular weight is 385 g/mol. The van der Waals surface area contributed by atoms with Crippen LogP contribution in [0, 0.1) is 0 Å². The van der Waals surface area contributed by atoms with Crippen LogP contribution in [0.2, 0.25) is 0 Å². The van der Waals surface area contributed by atoms with E-state index >= 15 is 0 Å². The van der Waals surface area contributed by atoms with Gasteiger partial charge in [0.2, 0.25) is 0 Å². The van der Waals surface area contributed by atoms with Crippen molar-refractivity contribution >= 4 is 22.6 Å². The molecule has 0 atom stereocenters. The zero-order valence-corrected chi connectivity index (χ0v) is 16.7. The van der Waals surface area contributed by atoms with E-state index in [9.17, 15) is 14.4 Å². The fourth-order valence-electron chi connectivity index (χ4n) is 3.68. The minimum Gasteiger partial charge on any atom is -0.451 e. The van der Waals surface area contributed by atoms with Gasteiger partial charge in [0.05, 0.1) is 11.4 Å². The third-order valence-corrected chi connectivity index (χ3v) is 5.35. The van der Waals surface area contributed by atoms with E-state index in [0.717, 1.165) is 25.7 Å². The van der Waals surface area contributed by atoms with Crippen LogP contribution in [0.25, 0.3) is 10.8 Å². The van der Waals surface area contributed by atoms with E-state index in [4.69, 9.17) is 4.74 Å². The molecule has 1 fully saturated rings. The Bertz CT molecular complexity index is 929. The van der Waals surface area contributed by atoms with Gasteiger partial charge < -0.3 is 9.64 Å². The quantitative estimate of drug-likeness (QED) is 0.739. The van der Waals surface area contributed by atoms with E-state index in [1.807, 2.05) is 13.8 Å². The summed E-state index contributed by atoms with van der Waals surface area (Å²) >= 11 is 0. The normalized spacial score (nSPS) is 15.0. The number of aromatic nitrogens is 2. The molecule has 1 aromatic heterocycles. The number of hydrogen-bond donors (Lipinski definition) is 0. The molecule has 2 aromatic rings. The van der Waals surface area contributed by atoms with Crippen LogP contribution in [0.1, 0.15) is 62.5 Å². The smallest absolute Gasteiger partial charge is 0.359 e. The van der Waals surface area contributed by atoms with Gasteiger partial charge >= 0.3 is 5.97 Å². The summed E-state index contributed by atoms with van der Waals surface area (Å²) in [6, 6.07) is 6.82. The predicted octanol–water partition coefficient (Wildman–Crippen LogP) is 2.93. The van der Waals surface area contributed by atoms with Crippen molar-refractivity contribution in [2.75, 3.05) is 13.7 Å². The SMILES string of the molecule is CC(C)n1nc(C(=O)OCC(=O)N(C)C2CCCCC2)c2ccccc2c1=O. The lowest BCUT2D eigenvalue weighted by Crippen LogP contribution is -2.40. The molecule has 3 rings (SSSR count). The number of esters is 1. The van der Waals surface area contributed by atoms with Crippen LogP contribution < -0.4 is 5.56 Å². The van der Waals surface area contributed by atoms with Crippen molar-refractivity contribution in [3.8, 4) is 0 Å². The molecule has 150 valence electrons. The largest absolute Gasteiger partial charge is 0.451 e. The van der Waals surface area contributed by atoms with Gasteiger partial charge in [0.1, 0.15) is 0 Å². The molecule has 1 heterocycles. The Morgan fingerprint density at radius 3 is 2.46 bits per heavy atom. The van der Waals surface area contributed by atoms with Crippen LogP contribution in [-0.4, -0.2) is 46.3 Å². The molecule has 1 amide bonds. The number of ether oxygens (including phenoxy) is 1. The Balaban J connectivity index is 1.79. The minimum atomic E-state index is -0.698. The van der Waals surface area contributed by atoms with Crippen LogP contribution in [0.4, 0.5) is 0 Å². The lowest BCUT2D eigenvalue weighted by molar-refractivity contribution is -0.135. The molecule has 7 heteroatoms. The number of carbonyl (C=O) groups excluding carboxylic acids is 2. The monoisotopic (exact) mass is 385 g/mol. The van der Waals surface area contributed by atoms with Gasteiger partial charge in [-0.05, 0) is 32.8 Å². The number of amides is 1. The maximum absolute atomic E-state index is 12.7. The van der Waals surface area contributed by atoms with Crippen molar-refractivity contribution < 1.29 is 14.3 Å². The number of fused-ring (bicyclic) bond motifs is 1. The molecule has 28 heavy (non-hydrogen) atoms. The van der Waals surface area contributed by atoms with Gasteiger partial charge in [0.25, 0.3) is 11.5 Å². The van der Waals surface area contributed by atoms with Gasteiger partial charge in [-0.15, -0.1) is 0 Å². The first-order valence-corrected chi connectivity index (χ1v) is 9.84. The molecule has 1 aliphatic carbocycles. The van der Waals surface area contributed by atoms with E-state index in [0.29, 0.717) is 10.8 Å². The zero-order valence-electron chi connectivity index (χ0n) is 16.7.